The van der Waals surface area contributed by atoms with E-state index in [0.717, 1.165) is 0 Å². The van der Waals surface area contributed by atoms with Crippen molar-refractivity contribution in [2.45, 2.75) is 25.3 Å². The van der Waals surface area contributed by atoms with Gasteiger partial charge in [-0.2, -0.15) is 0 Å². The summed E-state index contributed by atoms with van der Waals surface area (Å²) in [5.41, 5.74) is 10.5. The number of nitrogens with one attached hydrogen (secondary N) is 1. The number of hydrogen-bond donors (Lipinski definition) is 4. The van der Waals surface area contributed by atoms with Crippen LogP contribution in [0.1, 0.15) is 19.3 Å². The molecule has 0 rings (SSSR count). The van der Waals surface area contributed by atoms with Crippen LogP contribution in [-0.4, -0.2) is 36.1 Å². The Labute approximate surface area is 117 Å². The fourth-order valence-corrected chi connectivity index (χ4v) is 0.851. The Morgan fingerprint density at radius 3 is 2.29 bits per heavy atom. The first-order chi connectivity index (χ1) is 7.99. The Bertz CT molecular complexity index is 222. The van der Waals surface area contributed by atoms with Crippen LogP contribution in [0.15, 0.2) is 0 Å². The van der Waals surface area contributed by atoms with Gasteiger partial charge in [0.2, 0.25) is 5.91 Å². The summed E-state index contributed by atoms with van der Waals surface area (Å²) in [6.45, 7) is 0.556. The molecule has 0 bridgehead atoms. The van der Waals surface area contributed by atoms with E-state index < -0.39 is 28.5 Å². The Kier molecular flexibility index (Phi) is 16.3. The molecule has 106 valence electrons. The van der Waals surface area contributed by atoms with Crippen molar-refractivity contribution in [3.8, 4) is 0 Å². The van der Waals surface area contributed by atoms with Crippen molar-refractivity contribution < 1.29 is 31.2 Å². The summed E-state index contributed by atoms with van der Waals surface area (Å²) in [6.07, 6.45) is 1.31. The van der Waals surface area contributed by atoms with E-state index in [1.165, 1.54) is 0 Å². The molecule has 0 aromatic heterocycles. The van der Waals surface area contributed by atoms with Crippen molar-refractivity contribution in [2.24, 2.45) is 11.5 Å². The van der Waals surface area contributed by atoms with E-state index in [1.54, 1.807) is 0 Å². The van der Waals surface area contributed by atoms with Gasteiger partial charge in [0, 0.05) is 19.5 Å². The average Bonchev–Trinajstić information content (AvgIpc) is 2.27. The van der Waals surface area contributed by atoms with Gasteiger partial charge >= 0.3 is 41.3 Å². The van der Waals surface area contributed by atoms with Gasteiger partial charge in [0.15, 0.2) is 0 Å². The van der Waals surface area contributed by atoms with Crippen LogP contribution in [0.25, 0.3) is 0 Å². The number of halogens is 2. The van der Waals surface area contributed by atoms with Gasteiger partial charge < -0.3 is 21.9 Å². The van der Waals surface area contributed by atoms with Crippen LogP contribution in [0.3, 0.4) is 0 Å². The van der Waals surface area contributed by atoms with Crippen molar-refractivity contribution in [3.63, 3.8) is 0 Å². The van der Waals surface area contributed by atoms with E-state index in [-0.39, 0.29) is 18.9 Å². The SMILES string of the molecule is NCC(N)C(=O)NCCCCC(=O)O.[Cl][Pt][Cl]. The van der Waals surface area contributed by atoms with Crippen molar-refractivity contribution >= 4 is 30.7 Å². The Balaban J connectivity index is 0. The predicted molar refractivity (Wildman–Crippen MR) is 63.2 cm³/mol. The number of rotatable bonds is 7. The zero-order valence-corrected chi connectivity index (χ0v) is 12.9. The van der Waals surface area contributed by atoms with Gasteiger partial charge in [-0.1, -0.05) is 0 Å². The molecule has 0 aliphatic heterocycles. The summed E-state index contributed by atoms with van der Waals surface area (Å²) in [4.78, 5) is 21.2. The molecule has 0 radical (unpaired) electrons. The van der Waals surface area contributed by atoms with E-state index in [2.05, 4.69) is 5.32 Å². The molecule has 17 heavy (non-hydrogen) atoms. The molecular formula is C8H17Cl2N3O3Pt. The van der Waals surface area contributed by atoms with Gasteiger partial charge in [-0.3, -0.25) is 9.59 Å². The minimum atomic E-state index is -0.824. The van der Waals surface area contributed by atoms with Gasteiger partial charge in [-0.25, -0.2) is 0 Å². The van der Waals surface area contributed by atoms with Crippen LogP contribution < -0.4 is 16.8 Å². The second-order valence-electron chi connectivity index (χ2n) is 3.03. The normalized spacial score (nSPS) is 11.3. The molecule has 9 heteroatoms. The third-order valence-corrected chi connectivity index (χ3v) is 1.71. The molecule has 0 aliphatic rings. The molecule has 1 unspecified atom stereocenters. The second kappa shape index (κ2) is 14.2. The van der Waals surface area contributed by atoms with E-state index in [0.29, 0.717) is 19.4 Å². The fourth-order valence-electron chi connectivity index (χ4n) is 0.851. The van der Waals surface area contributed by atoms with Gasteiger partial charge in [0.05, 0.1) is 6.04 Å². The second-order valence-corrected chi connectivity index (χ2v) is 6.31. The number of carboxylic acid groups (broad SMARTS) is 1. The van der Waals surface area contributed by atoms with Crippen LogP contribution in [-0.2, 0) is 26.1 Å². The molecule has 0 heterocycles. The Morgan fingerprint density at radius 2 is 1.88 bits per heavy atom. The maximum atomic E-state index is 11.0. The zero-order chi connectivity index (χ0) is 13.7. The molecule has 0 saturated heterocycles. The molecule has 0 aliphatic carbocycles. The summed E-state index contributed by atoms with van der Waals surface area (Å²) in [7, 11) is 9.75. The third kappa shape index (κ3) is 16.1. The standard InChI is InChI=1S/C8H17N3O3.2ClH.Pt/c9-5-6(10)8(14)11-4-2-1-3-7(12)13;;;/h6H,1-5,9-10H2,(H,11,14)(H,12,13);2*1H;/q;;;+2/p-2. The molecule has 6 nitrogen and oxygen atoms in total. The number of hydrogen-bond acceptors (Lipinski definition) is 4. The maximum absolute atomic E-state index is 11.0. The molecule has 0 spiro atoms. The van der Waals surface area contributed by atoms with Gasteiger partial charge in [-0.05, 0) is 12.8 Å². The molecule has 1 atom stereocenters. The van der Waals surface area contributed by atoms with Crippen LogP contribution in [0.5, 0.6) is 0 Å². The summed E-state index contributed by atoms with van der Waals surface area (Å²) in [6, 6.07) is -0.672. The zero-order valence-electron chi connectivity index (χ0n) is 9.10. The minimum absolute atomic E-state index is 0.112. The van der Waals surface area contributed by atoms with E-state index in [1.807, 2.05) is 0 Å². The number of carbonyl (C=O) groups is 2. The first-order valence-electron chi connectivity index (χ1n) is 4.77. The van der Waals surface area contributed by atoms with Crippen molar-refractivity contribution in [2.75, 3.05) is 13.1 Å². The molecule has 0 aromatic rings. The van der Waals surface area contributed by atoms with Crippen molar-refractivity contribution in [3.05, 3.63) is 0 Å². The predicted octanol–water partition coefficient (Wildman–Crippen LogP) is 0.0200. The Morgan fingerprint density at radius 1 is 1.35 bits per heavy atom. The molecule has 6 N–H and O–H groups in total. The van der Waals surface area contributed by atoms with Crippen molar-refractivity contribution in [1.82, 2.24) is 5.32 Å². The first-order valence-corrected chi connectivity index (χ1v) is 10.4. The number of unbranched alkanes of at least 4 members (excludes halogenated alkanes) is 1. The number of carbonyl (C=O) groups excluding carboxylic acids is 1. The molecule has 0 aromatic carbocycles. The third-order valence-electron chi connectivity index (χ3n) is 1.71. The summed E-state index contributed by atoms with van der Waals surface area (Å²) >= 11 is -0.472. The molecule has 0 fully saturated rings. The monoisotopic (exact) mass is 468 g/mol. The van der Waals surface area contributed by atoms with Crippen LogP contribution in [0.2, 0.25) is 0 Å². The van der Waals surface area contributed by atoms with E-state index in [9.17, 15) is 9.59 Å². The van der Waals surface area contributed by atoms with Crippen LogP contribution >= 0.6 is 18.8 Å². The van der Waals surface area contributed by atoms with E-state index in [4.69, 9.17) is 35.4 Å². The van der Waals surface area contributed by atoms with E-state index >= 15 is 0 Å². The summed E-state index contributed by atoms with van der Waals surface area (Å²) in [5.74, 6) is -1.11. The van der Waals surface area contributed by atoms with Crippen LogP contribution in [0, 0.1) is 0 Å². The fraction of sp³-hybridized carbons (Fsp3) is 0.750. The van der Waals surface area contributed by atoms with Gasteiger partial charge in [0.1, 0.15) is 0 Å². The van der Waals surface area contributed by atoms with Gasteiger partial charge in [0.25, 0.3) is 0 Å². The quantitative estimate of drug-likeness (QED) is 0.393. The molecule has 0 saturated carbocycles. The average molecular weight is 469 g/mol. The summed E-state index contributed by atoms with van der Waals surface area (Å²) < 4.78 is 0. The van der Waals surface area contributed by atoms with Gasteiger partial charge in [-0.15, -0.1) is 0 Å². The van der Waals surface area contributed by atoms with Crippen LogP contribution in [0.4, 0.5) is 0 Å². The number of carboxylic acids is 1. The summed E-state index contributed by atoms with van der Waals surface area (Å²) in [5, 5.41) is 10.9. The van der Waals surface area contributed by atoms with Crippen molar-refractivity contribution in [1.29, 1.82) is 0 Å². The number of nitrogens with two attached hydrogens (primary N) is 2. The number of amides is 1. The molecule has 1 amide bonds. The Hall–Kier alpha value is 0.128. The number of aliphatic carboxylic acids is 1. The topological polar surface area (TPSA) is 118 Å². The first kappa shape index (κ1) is 19.5. The molecular weight excluding hydrogens is 452 g/mol.